The molecule has 2 heterocycles. The van der Waals surface area contributed by atoms with Crippen LogP contribution in [-0.4, -0.2) is 34.6 Å². The highest BCUT2D eigenvalue weighted by atomic mass is 32.1. The highest BCUT2D eigenvalue weighted by molar-refractivity contribution is 7.17. The first-order valence-corrected chi connectivity index (χ1v) is 5.17. The van der Waals surface area contributed by atoms with Crippen molar-refractivity contribution in [2.75, 3.05) is 18.5 Å². The van der Waals surface area contributed by atoms with Crippen molar-refractivity contribution in [1.29, 1.82) is 0 Å². The fourth-order valence-corrected chi connectivity index (χ4v) is 2.16. The lowest BCUT2D eigenvalue weighted by atomic mass is 10.3. The lowest BCUT2D eigenvalue weighted by Crippen LogP contribution is -2.25. The van der Waals surface area contributed by atoms with E-state index in [1.807, 2.05) is 0 Å². The number of likely N-dealkylation sites (N-methyl/N-ethyl adjacent to an activating group) is 1. The Morgan fingerprint density at radius 2 is 2.40 bits per heavy atom. The second-order valence-electron chi connectivity index (χ2n) is 3.08. The number of thiazole rings is 1. The summed E-state index contributed by atoms with van der Waals surface area (Å²) < 4.78 is 0.918. The summed E-state index contributed by atoms with van der Waals surface area (Å²) >= 11 is 1.46. The minimum Gasteiger partial charge on any atom is -0.480 e. The molecule has 2 aromatic rings. The van der Waals surface area contributed by atoms with Crippen molar-refractivity contribution in [3.63, 3.8) is 0 Å². The van der Waals surface area contributed by atoms with Gasteiger partial charge in [0.15, 0.2) is 5.65 Å². The van der Waals surface area contributed by atoms with Gasteiger partial charge in [0, 0.05) is 13.2 Å². The maximum absolute atomic E-state index is 10.6. The summed E-state index contributed by atoms with van der Waals surface area (Å²) in [6, 6.07) is 1.80. The fraction of sp³-hybridized carbons (Fsp3) is 0.222. The standard InChI is InChI=1S/C9H9N3O2S/c1-12(4-7(13)14)6-2-3-10-9-8(6)15-5-11-9/h2-3,5H,4H2,1H3,(H,13,14). The molecule has 0 amide bonds. The molecule has 0 atom stereocenters. The minimum absolute atomic E-state index is 0.0307. The van der Waals surface area contributed by atoms with Crippen molar-refractivity contribution in [3.8, 4) is 0 Å². The number of rotatable bonds is 3. The second-order valence-corrected chi connectivity index (χ2v) is 3.94. The molecule has 0 aliphatic carbocycles. The average molecular weight is 223 g/mol. The average Bonchev–Trinajstić information content (AvgIpc) is 2.63. The van der Waals surface area contributed by atoms with Gasteiger partial charge in [0.2, 0.25) is 0 Å². The van der Waals surface area contributed by atoms with Gasteiger partial charge in [0.25, 0.3) is 0 Å². The largest absolute Gasteiger partial charge is 0.480 e. The van der Waals surface area contributed by atoms with Crippen LogP contribution in [0.4, 0.5) is 5.69 Å². The Kier molecular flexibility index (Phi) is 2.51. The van der Waals surface area contributed by atoms with Gasteiger partial charge in [-0.3, -0.25) is 4.79 Å². The molecule has 5 nitrogen and oxygen atoms in total. The van der Waals surface area contributed by atoms with E-state index in [2.05, 4.69) is 9.97 Å². The first-order valence-electron chi connectivity index (χ1n) is 4.29. The monoisotopic (exact) mass is 223 g/mol. The number of hydrogen-bond acceptors (Lipinski definition) is 5. The van der Waals surface area contributed by atoms with Crippen LogP contribution >= 0.6 is 11.3 Å². The number of carbonyl (C=O) groups is 1. The molecular weight excluding hydrogens is 214 g/mol. The topological polar surface area (TPSA) is 66.3 Å². The van der Waals surface area contributed by atoms with Gasteiger partial charge in [-0.15, -0.1) is 11.3 Å². The van der Waals surface area contributed by atoms with Crippen molar-refractivity contribution < 1.29 is 9.90 Å². The van der Waals surface area contributed by atoms with E-state index in [9.17, 15) is 4.79 Å². The van der Waals surface area contributed by atoms with Crippen LogP contribution in [0.5, 0.6) is 0 Å². The van der Waals surface area contributed by atoms with E-state index in [1.54, 1.807) is 29.7 Å². The molecular formula is C9H9N3O2S. The Morgan fingerprint density at radius 3 is 3.13 bits per heavy atom. The van der Waals surface area contributed by atoms with E-state index < -0.39 is 5.97 Å². The summed E-state index contributed by atoms with van der Waals surface area (Å²) in [6.07, 6.45) is 1.63. The molecule has 6 heteroatoms. The number of hydrogen-bond donors (Lipinski definition) is 1. The Hall–Kier alpha value is -1.69. The molecule has 0 aliphatic rings. The summed E-state index contributed by atoms with van der Waals surface area (Å²) in [5.41, 5.74) is 3.22. The molecule has 15 heavy (non-hydrogen) atoms. The van der Waals surface area contributed by atoms with Gasteiger partial charge in [-0.2, -0.15) is 0 Å². The number of aromatic nitrogens is 2. The van der Waals surface area contributed by atoms with E-state index in [1.165, 1.54) is 11.3 Å². The van der Waals surface area contributed by atoms with Crippen molar-refractivity contribution in [1.82, 2.24) is 9.97 Å². The molecule has 0 unspecified atom stereocenters. The van der Waals surface area contributed by atoms with Crippen LogP contribution in [-0.2, 0) is 4.79 Å². The van der Waals surface area contributed by atoms with Gasteiger partial charge < -0.3 is 10.0 Å². The quantitative estimate of drug-likeness (QED) is 0.847. The highest BCUT2D eigenvalue weighted by Gasteiger charge is 2.10. The number of carboxylic acids is 1. The second kappa shape index (κ2) is 3.82. The third kappa shape index (κ3) is 1.89. The normalized spacial score (nSPS) is 10.5. The van der Waals surface area contributed by atoms with Gasteiger partial charge in [-0.1, -0.05) is 0 Å². The van der Waals surface area contributed by atoms with E-state index in [0.717, 1.165) is 10.4 Å². The Bertz CT molecular complexity index is 497. The van der Waals surface area contributed by atoms with Gasteiger partial charge in [-0.05, 0) is 6.07 Å². The minimum atomic E-state index is -0.855. The van der Waals surface area contributed by atoms with Crippen LogP contribution in [0.2, 0.25) is 0 Å². The third-order valence-electron chi connectivity index (χ3n) is 1.99. The SMILES string of the molecule is CN(CC(=O)O)c1ccnc2ncsc12. The summed E-state index contributed by atoms with van der Waals surface area (Å²) in [5.74, 6) is -0.855. The van der Waals surface area contributed by atoms with Gasteiger partial charge in [0.1, 0.15) is 6.54 Å². The van der Waals surface area contributed by atoms with Crippen molar-refractivity contribution in [2.45, 2.75) is 0 Å². The van der Waals surface area contributed by atoms with E-state index in [0.29, 0.717) is 5.65 Å². The highest BCUT2D eigenvalue weighted by Crippen LogP contribution is 2.27. The molecule has 0 aromatic carbocycles. The predicted molar refractivity (Wildman–Crippen MR) is 58.3 cm³/mol. The molecule has 0 saturated carbocycles. The van der Waals surface area contributed by atoms with Crippen LogP contribution in [0, 0.1) is 0 Å². The molecule has 0 bridgehead atoms. The number of pyridine rings is 1. The van der Waals surface area contributed by atoms with Crippen LogP contribution in [0.25, 0.3) is 10.3 Å². The molecule has 0 spiro atoms. The predicted octanol–water partition coefficient (Wildman–Crippen LogP) is 1.21. The van der Waals surface area contributed by atoms with Crippen LogP contribution in [0.3, 0.4) is 0 Å². The van der Waals surface area contributed by atoms with Gasteiger partial charge >= 0.3 is 5.97 Å². The lowest BCUT2D eigenvalue weighted by Gasteiger charge is -2.16. The number of nitrogens with zero attached hydrogens (tertiary/aromatic N) is 3. The molecule has 78 valence electrons. The summed E-state index contributed by atoms with van der Waals surface area (Å²) in [5, 5.41) is 8.70. The summed E-state index contributed by atoms with van der Waals surface area (Å²) in [6.45, 7) is -0.0307. The first kappa shape index (κ1) is 9.85. The van der Waals surface area contributed by atoms with E-state index >= 15 is 0 Å². The maximum Gasteiger partial charge on any atom is 0.323 e. The van der Waals surface area contributed by atoms with Crippen LogP contribution in [0.1, 0.15) is 0 Å². The Balaban J connectivity index is 2.42. The maximum atomic E-state index is 10.6. The zero-order valence-corrected chi connectivity index (χ0v) is 8.86. The smallest absolute Gasteiger partial charge is 0.323 e. The van der Waals surface area contributed by atoms with Gasteiger partial charge in [-0.25, -0.2) is 9.97 Å². The van der Waals surface area contributed by atoms with Crippen LogP contribution < -0.4 is 4.90 Å². The molecule has 1 N–H and O–H groups in total. The Labute approximate surface area is 90.0 Å². The molecule has 0 fully saturated rings. The molecule has 0 saturated heterocycles. The van der Waals surface area contributed by atoms with E-state index in [4.69, 9.17) is 5.11 Å². The number of anilines is 1. The van der Waals surface area contributed by atoms with Crippen molar-refractivity contribution >= 4 is 33.3 Å². The van der Waals surface area contributed by atoms with E-state index in [-0.39, 0.29) is 6.54 Å². The van der Waals surface area contributed by atoms with Gasteiger partial charge in [0.05, 0.1) is 15.9 Å². The number of aliphatic carboxylic acids is 1. The lowest BCUT2D eigenvalue weighted by molar-refractivity contribution is -0.135. The van der Waals surface area contributed by atoms with Crippen molar-refractivity contribution in [2.24, 2.45) is 0 Å². The number of carboxylic acid groups (broad SMARTS) is 1. The first-order chi connectivity index (χ1) is 7.18. The Morgan fingerprint density at radius 1 is 1.60 bits per heavy atom. The molecule has 0 radical (unpaired) electrons. The molecule has 2 rings (SSSR count). The van der Waals surface area contributed by atoms with Crippen LogP contribution in [0.15, 0.2) is 17.8 Å². The molecule has 2 aromatic heterocycles. The zero-order chi connectivity index (χ0) is 10.8. The fourth-order valence-electron chi connectivity index (χ4n) is 1.35. The van der Waals surface area contributed by atoms with Crippen molar-refractivity contribution in [3.05, 3.63) is 17.8 Å². The third-order valence-corrected chi connectivity index (χ3v) is 2.83. The molecule has 0 aliphatic heterocycles. The summed E-state index contributed by atoms with van der Waals surface area (Å²) in [7, 11) is 1.74. The zero-order valence-electron chi connectivity index (χ0n) is 8.04. The summed E-state index contributed by atoms with van der Waals surface area (Å²) in [4.78, 5) is 20.4. The number of fused-ring (bicyclic) bond motifs is 1.